The molecule has 0 fully saturated rings. The number of nitrogens with two attached hydrogens (primary N) is 1. The van der Waals surface area contributed by atoms with Crippen molar-refractivity contribution in [1.82, 2.24) is 10.0 Å². The van der Waals surface area contributed by atoms with E-state index in [0.29, 0.717) is 25.3 Å². The number of hydrogen-bond acceptors (Lipinski definition) is 5. The molecule has 0 spiro atoms. The highest BCUT2D eigenvalue weighted by Gasteiger charge is 2.22. The molecule has 0 aliphatic carbocycles. The van der Waals surface area contributed by atoms with Crippen molar-refractivity contribution in [3.05, 3.63) is 17.0 Å². The number of halogens is 1. The summed E-state index contributed by atoms with van der Waals surface area (Å²) >= 11 is 1.23. The summed E-state index contributed by atoms with van der Waals surface area (Å²) in [6.45, 7) is 10.4. The van der Waals surface area contributed by atoms with Crippen LogP contribution in [0, 0.1) is 11.3 Å². The van der Waals surface area contributed by atoms with E-state index in [9.17, 15) is 13.2 Å². The molecule has 0 radical (unpaired) electrons. The van der Waals surface area contributed by atoms with Crippen LogP contribution in [0.25, 0.3) is 0 Å². The van der Waals surface area contributed by atoms with Crippen LogP contribution >= 0.6 is 23.7 Å². The lowest BCUT2D eigenvalue weighted by molar-refractivity contribution is -0.128. The Kier molecular flexibility index (Phi) is 10.3. The van der Waals surface area contributed by atoms with Crippen molar-refractivity contribution in [2.75, 3.05) is 13.1 Å². The smallest absolute Gasteiger partial charge is 0.250 e. The van der Waals surface area contributed by atoms with Gasteiger partial charge in [0.15, 0.2) is 0 Å². The minimum absolute atomic E-state index is 0. The van der Waals surface area contributed by atoms with Gasteiger partial charge in [0.25, 0.3) is 0 Å². The summed E-state index contributed by atoms with van der Waals surface area (Å²) in [4.78, 5) is 12.8. The van der Waals surface area contributed by atoms with Gasteiger partial charge < -0.3 is 11.1 Å². The zero-order valence-electron chi connectivity index (χ0n) is 16.2. The van der Waals surface area contributed by atoms with Gasteiger partial charge >= 0.3 is 0 Å². The van der Waals surface area contributed by atoms with Crippen LogP contribution in [-0.4, -0.2) is 33.5 Å². The van der Waals surface area contributed by atoms with E-state index in [-0.39, 0.29) is 35.1 Å². The Hall–Kier alpha value is -0.670. The number of thiophene rings is 1. The first-order valence-corrected chi connectivity index (χ1v) is 10.8. The van der Waals surface area contributed by atoms with Gasteiger partial charge in [0.05, 0.1) is 0 Å². The minimum Gasteiger partial charge on any atom is -0.355 e. The Morgan fingerprint density at radius 1 is 1.27 bits per heavy atom. The zero-order valence-corrected chi connectivity index (χ0v) is 18.6. The van der Waals surface area contributed by atoms with Gasteiger partial charge in [-0.2, -0.15) is 0 Å². The molecular formula is C17H32ClN3O3S2. The van der Waals surface area contributed by atoms with E-state index >= 15 is 0 Å². The molecule has 0 aliphatic heterocycles. The molecule has 0 saturated heterocycles. The van der Waals surface area contributed by atoms with Crippen molar-refractivity contribution in [2.45, 2.75) is 57.7 Å². The quantitative estimate of drug-likeness (QED) is 0.565. The zero-order chi connectivity index (χ0) is 19.3. The average Bonchev–Trinajstić information content (AvgIpc) is 2.94. The molecule has 1 unspecified atom stereocenters. The number of hydrogen-bond donors (Lipinski definition) is 3. The van der Waals surface area contributed by atoms with Crippen molar-refractivity contribution < 1.29 is 13.2 Å². The first-order chi connectivity index (χ1) is 11.5. The summed E-state index contributed by atoms with van der Waals surface area (Å²) in [5.74, 6) is 0.347. The van der Waals surface area contributed by atoms with Crippen LogP contribution in [0.4, 0.5) is 0 Å². The van der Waals surface area contributed by atoms with E-state index in [2.05, 4.69) is 10.0 Å². The Balaban J connectivity index is 0.00000625. The fourth-order valence-corrected chi connectivity index (χ4v) is 4.87. The van der Waals surface area contributed by atoms with Crippen molar-refractivity contribution in [3.63, 3.8) is 0 Å². The molecular weight excluding hydrogens is 394 g/mol. The summed E-state index contributed by atoms with van der Waals surface area (Å²) in [5, 5.41) is 2.87. The lowest BCUT2D eigenvalue weighted by atomic mass is 9.96. The number of carbonyl (C=O) groups is 1. The van der Waals surface area contributed by atoms with Gasteiger partial charge in [0.2, 0.25) is 15.9 Å². The van der Waals surface area contributed by atoms with Crippen molar-refractivity contribution in [2.24, 2.45) is 17.1 Å². The van der Waals surface area contributed by atoms with Crippen LogP contribution < -0.4 is 15.8 Å². The molecule has 0 aromatic carbocycles. The molecule has 1 amide bonds. The molecule has 1 aromatic rings. The third-order valence-electron chi connectivity index (χ3n) is 3.60. The van der Waals surface area contributed by atoms with Crippen LogP contribution in [0.2, 0.25) is 0 Å². The monoisotopic (exact) mass is 425 g/mol. The summed E-state index contributed by atoms with van der Waals surface area (Å²) in [6.07, 6.45) is 1.31. The molecule has 1 rings (SSSR count). The molecule has 0 bridgehead atoms. The highest BCUT2D eigenvalue weighted by molar-refractivity contribution is 7.91. The molecule has 9 heteroatoms. The molecule has 26 heavy (non-hydrogen) atoms. The normalized spacial score (nSPS) is 13.3. The number of rotatable bonds is 9. The van der Waals surface area contributed by atoms with E-state index in [1.165, 1.54) is 11.3 Å². The molecule has 6 nitrogen and oxygen atoms in total. The van der Waals surface area contributed by atoms with Crippen LogP contribution in [0.15, 0.2) is 16.3 Å². The molecule has 1 aromatic heterocycles. The Bertz CT molecular complexity index is 667. The van der Waals surface area contributed by atoms with Crippen LogP contribution in [0.1, 0.15) is 45.9 Å². The van der Waals surface area contributed by atoms with Gasteiger partial charge in [-0.05, 0) is 30.9 Å². The predicted octanol–water partition coefficient (Wildman–Crippen LogP) is 2.53. The summed E-state index contributed by atoms with van der Waals surface area (Å²) in [5.41, 5.74) is 5.25. The highest BCUT2D eigenvalue weighted by atomic mass is 35.5. The number of sulfonamides is 1. The fraction of sp³-hybridized carbons (Fsp3) is 0.706. The van der Waals surface area contributed by atoms with E-state index in [0.717, 1.165) is 4.88 Å². The van der Waals surface area contributed by atoms with Gasteiger partial charge in [-0.1, -0.05) is 34.6 Å². The first kappa shape index (κ1) is 25.3. The second-order valence-electron chi connectivity index (χ2n) is 7.66. The van der Waals surface area contributed by atoms with Crippen LogP contribution in [0.5, 0.6) is 0 Å². The van der Waals surface area contributed by atoms with E-state index < -0.39 is 15.4 Å². The van der Waals surface area contributed by atoms with Crippen molar-refractivity contribution in [3.8, 4) is 0 Å². The van der Waals surface area contributed by atoms with E-state index in [1.807, 2.05) is 34.6 Å². The maximum Gasteiger partial charge on any atom is 0.250 e. The number of nitrogens with one attached hydrogen (secondary N) is 2. The summed E-state index contributed by atoms with van der Waals surface area (Å²) in [7, 11) is -3.56. The summed E-state index contributed by atoms with van der Waals surface area (Å²) < 4.78 is 27.9. The van der Waals surface area contributed by atoms with Crippen molar-refractivity contribution in [1.29, 1.82) is 0 Å². The molecule has 0 aliphatic rings. The molecule has 0 saturated carbocycles. The molecule has 1 atom stereocenters. The van der Waals surface area contributed by atoms with Crippen molar-refractivity contribution >= 4 is 39.7 Å². The van der Waals surface area contributed by atoms with Gasteiger partial charge in [-0.3, -0.25) is 4.79 Å². The minimum atomic E-state index is -3.56. The van der Waals surface area contributed by atoms with Crippen LogP contribution in [-0.2, 0) is 21.2 Å². The standard InChI is InChI=1S/C17H31N3O3S2.ClH/c1-12(2)10-13(11-18)20-25(22,23)15-7-6-14(24-15)8-9-19-16(21)17(3,4)5;/h6-7,12-13,20H,8-11,18H2,1-5H3,(H,19,21);1H. The molecule has 152 valence electrons. The number of amides is 1. The fourth-order valence-electron chi connectivity index (χ4n) is 2.24. The average molecular weight is 426 g/mol. The van der Waals surface area contributed by atoms with Gasteiger partial charge in [-0.15, -0.1) is 23.7 Å². The molecule has 4 N–H and O–H groups in total. The van der Waals surface area contributed by atoms with Crippen LogP contribution in [0.3, 0.4) is 0 Å². The third-order valence-corrected chi connectivity index (χ3v) is 6.76. The lowest BCUT2D eigenvalue weighted by Gasteiger charge is -2.18. The SMILES string of the molecule is CC(C)CC(CN)NS(=O)(=O)c1ccc(CCNC(=O)C(C)(C)C)s1.Cl. The third kappa shape index (κ3) is 8.35. The topological polar surface area (TPSA) is 101 Å². The maximum absolute atomic E-state index is 12.5. The first-order valence-electron chi connectivity index (χ1n) is 8.55. The maximum atomic E-state index is 12.5. The second-order valence-corrected chi connectivity index (χ2v) is 10.8. The predicted molar refractivity (Wildman–Crippen MR) is 110 cm³/mol. The Morgan fingerprint density at radius 2 is 1.88 bits per heavy atom. The Labute approximate surface area is 167 Å². The lowest BCUT2D eigenvalue weighted by Crippen LogP contribution is -2.40. The van der Waals surface area contributed by atoms with E-state index in [1.54, 1.807) is 12.1 Å². The van der Waals surface area contributed by atoms with Gasteiger partial charge in [0.1, 0.15) is 4.21 Å². The largest absolute Gasteiger partial charge is 0.355 e. The highest BCUT2D eigenvalue weighted by Crippen LogP contribution is 2.22. The van der Waals surface area contributed by atoms with Gasteiger partial charge in [-0.25, -0.2) is 13.1 Å². The molecule has 1 heterocycles. The van der Waals surface area contributed by atoms with Gasteiger partial charge in [0, 0.05) is 29.4 Å². The Morgan fingerprint density at radius 3 is 2.38 bits per heavy atom. The second kappa shape index (κ2) is 10.6. The number of carbonyl (C=O) groups excluding carboxylic acids is 1. The summed E-state index contributed by atoms with van der Waals surface area (Å²) in [6, 6.07) is 3.14. The van der Waals surface area contributed by atoms with E-state index in [4.69, 9.17) is 5.73 Å².